The summed E-state index contributed by atoms with van der Waals surface area (Å²) >= 11 is 3.12. The van der Waals surface area contributed by atoms with E-state index in [2.05, 4.69) is 20.9 Å². The van der Waals surface area contributed by atoms with E-state index in [-0.39, 0.29) is 16.5 Å². The minimum absolute atomic E-state index is 0.0165. The zero-order valence-electron chi connectivity index (χ0n) is 9.18. The van der Waals surface area contributed by atoms with Crippen molar-refractivity contribution in [2.75, 3.05) is 0 Å². The van der Waals surface area contributed by atoms with Gasteiger partial charge < -0.3 is 4.74 Å². The summed E-state index contributed by atoms with van der Waals surface area (Å²) in [6, 6.07) is 6.79. The summed E-state index contributed by atoms with van der Waals surface area (Å²) in [5, 5.41) is 0. The molecule has 2 rings (SSSR count). The first-order chi connectivity index (χ1) is 8.86. The first-order valence-corrected chi connectivity index (χ1v) is 8.00. The minimum Gasteiger partial charge on any atom is -0.436 e. The second-order valence-electron chi connectivity index (χ2n) is 3.45. The van der Waals surface area contributed by atoms with Crippen LogP contribution in [-0.4, -0.2) is 13.4 Å². The van der Waals surface area contributed by atoms with Crippen molar-refractivity contribution in [3.05, 3.63) is 46.8 Å². The molecule has 0 radical (unpaired) electrons. The molecule has 0 spiro atoms. The number of aromatic nitrogens is 1. The SMILES string of the molecule is O=S(=O)(Cl)c1ccc(Oc2ccc(Br)cc2F)nc1. The highest BCUT2D eigenvalue weighted by atomic mass is 79.9. The lowest BCUT2D eigenvalue weighted by Gasteiger charge is -2.06. The quantitative estimate of drug-likeness (QED) is 0.777. The molecule has 2 aromatic rings. The summed E-state index contributed by atoms with van der Waals surface area (Å²) in [6.45, 7) is 0. The van der Waals surface area contributed by atoms with E-state index in [1.165, 1.54) is 24.3 Å². The average Bonchev–Trinajstić information content (AvgIpc) is 2.32. The van der Waals surface area contributed by atoms with E-state index < -0.39 is 14.9 Å². The molecule has 0 saturated heterocycles. The highest BCUT2D eigenvalue weighted by Crippen LogP contribution is 2.26. The molecule has 0 aliphatic heterocycles. The molecule has 1 aromatic carbocycles. The van der Waals surface area contributed by atoms with E-state index in [1.807, 2.05) is 0 Å². The summed E-state index contributed by atoms with van der Waals surface area (Å²) < 4.78 is 41.3. The number of hydrogen-bond donors (Lipinski definition) is 0. The molecule has 0 unspecified atom stereocenters. The summed E-state index contributed by atoms with van der Waals surface area (Å²) in [6.07, 6.45) is 1.04. The number of halogens is 3. The fourth-order valence-corrected chi connectivity index (χ4v) is 2.26. The Balaban J connectivity index is 2.25. The lowest BCUT2D eigenvalue weighted by Crippen LogP contribution is -1.94. The second-order valence-corrected chi connectivity index (χ2v) is 6.93. The number of benzene rings is 1. The highest BCUT2D eigenvalue weighted by molar-refractivity contribution is 9.10. The maximum absolute atomic E-state index is 13.5. The zero-order chi connectivity index (χ0) is 14.0. The third-order valence-electron chi connectivity index (χ3n) is 2.10. The Kier molecular flexibility index (Phi) is 4.07. The molecule has 0 aliphatic carbocycles. The van der Waals surface area contributed by atoms with Crippen molar-refractivity contribution in [2.45, 2.75) is 4.90 Å². The van der Waals surface area contributed by atoms with Crippen molar-refractivity contribution in [1.29, 1.82) is 0 Å². The van der Waals surface area contributed by atoms with Gasteiger partial charge >= 0.3 is 0 Å². The van der Waals surface area contributed by atoms with Crippen LogP contribution in [0.5, 0.6) is 11.6 Å². The Bertz CT molecular complexity index is 706. The molecule has 1 aromatic heterocycles. The molecular formula is C11H6BrClFNO3S. The van der Waals surface area contributed by atoms with Crippen molar-refractivity contribution in [3.63, 3.8) is 0 Å². The Morgan fingerprint density at radius 2 is 2.00 bits per heavy atom. The van der Waals surface area contributed by atoms with Crippen LogP contribution >= 0.6 is 26.6 Å². The van der Waals surface area contributed by atoms with Gasteiger partial charge in [0.1, 0.15) is 4.90 Å². The van der Waals surface area contributed by atoms with E-state index in [0.29, 0.717) is 4.47 Å². The molecule has 0 amide bonds. The Morgan fingerprint density at radius 1 is 1.26 bits per heavy atom. The van der Waals surface area contributed by atoms with Crippen molar-refractivity contribution in [3.8, 4) is 11.6 Å². The molecule has 8 heteroatoms. The van der Waals surface area contributed by atoms with Gasteiger partial charge in [0.15, 0.2) is 11.6 Å². The Hall–Kier alpha value is -1.18. The Labute approximate surface area is 121 Å². The molecule has 0 N–H and O–H groups in total. The maximum atomic E-state index is 13.5. The first kappa shape index (κ1) is 14.2. The zero-order valence-corrected chi connectivity index (χ0v) is 12.3. The molecule has 4 nitrogen and oxygen atoms in total. The second kappa shape index (κ2) is 5.44. The van der Waals surface area contributed by atoms with Crippen molar-refractivity contribution < 1.29 is 17.5 Å². The van der Waals surface area contributed by atoms with Crippen molar-refractivity contribution >= 4 is 35.7 Å². The lowest BCUT2D eigenvalue weighted by atomic mass is 10.3. The third kappa shape index (κ3) is 3.65. The number of hydrogen-bond acceptors (Lipinski definition) is 4. The van der Waals surface area contributed by atoms with Crippen LogP contribution in [-0.2, 0) is 9.05 Å². The molecule has 19 heavy (non-hydrogen) atoms. The van der Waals surface area contributed by atoms with Crippen LogP contribution in [0.25, 0.3) is 0 Å². The van der Waals surface area contributed by atoms with Gasteiger partial charge in [0.2, 0.25) is 5.88 Å². The van der Waals surface area contributed by atoms with Gasteiger partial charge in [0.05, 0.1) is 6.20 Å². The smallest absolute Gasteiger partial charge is 0.262 e. The van der Waals surface area contributed by atoms with E-state index in [0.717, 1.165) is 6.20 Å². The highest BCUT2D eigenvalue weighted by Gasteiger charge is 2.11. The standard InChI is InChI=1S/C11H6BrClFNO3S/c12-7-1-3-10(9(14)5-7)18-11-4-2-8(6-15-11)19(13,16)17/h1-6H. The third-order valence-corrected chi connectivity index (χ3v) is 3.93. The topological polar surface area (TPSA) is 56.3 Å². The first-order valence-electron chi connectivity index (χ1n) is 4.90. The van der Waals surface area contributed by atoms with Gasteiger partial charge in [-0.3, -0.25) is 0 Å². The van der Waals surface area contributed by atoms with Gasteiger partial charge in [-0.25, -0.2) is 17.8 Å². The summed E-state index contributed by atoms with van der Waals surface area (Å²) in [7, 11) is 1.31. The van der Waals surface area contributed by atoms with Gasteiger partial charge in [-0.05, 0) is 24.3 Å². The number of rotatable bonds is 3. The predicted octanol–water partition coefficient (Wildman–Crippen LogP) is 3.70. The molecule has 0 aliphatic rings. The Morgan fingerprint density at radius 3 is 2.53 bits per heavy atom. The molecule has 100 valence electrons. The number of nitrogens with zero attached hydrogens (tertiary/aromatic N) is 1. The number of pyridine rings is 1. The maximum Gasteiger partial charge on any atom is 0.262 e. The van der Waals surface area contributed by atoms with Crippen molar-refractivity contribution in [1.82, 2.24) is 4.98 Å². The molecule has 0 atom stereocenters. The molecular weight excluding hydrogens is 361 g/mol. The molecule has 1 heterocycles. The van der Waals surface area contributed by atoms with Crippen LogP contribution in [0.1, 0.15) is 0 Å². The van der Waals surface area contributed by atoms with Gasteiger partial charge in [-0.1, -0.05) is 15.9 Å². The van der Waals surface area contributed by atoms with E-state index >= 15 is 0 Å². The van der Waals surface area contributed by atoms with E-state index in [4.69, 9.17) is 15.4 Å². The normalized spacial score (nSPS) is 11.3. The predicted molar refractivity (Wildman–Crippen MR) is 71.4 cm³/mol. The van der Waals surface area contributed by atoms with Gasteiger partial charge in [-0.2, -0.15) is 0 Å². The minimum atomic E-state index is -3.83. The summed E-state index contributed by atoms with van der Waals surface area (Å²) in [5.74, 6) is -0.521. The molecule has 0 fully saturated rings. The van der Waals surface area contributed by atoms with Crippen LogP contribution in [0.3, 0.4) is 0 Å². The van der Waals surface area contributed by atoms with Crippen LogP contribution in [0.15, 0.2) is 45.9 Å². The number of ether oxygens (including phenoxy) is 1. The van der Waals surface area contributed by atoms with E-state index in [9.17, 15) is 12.8 Å². The van der Waals surface area contributed by atoms with Crippen LogP contribution in [0.4, 0.5) is 4.39 Å². The monoisotopic (exact) mass is 365 g/mol. The summed E-state index contributed by atoms with van der Waals surface area (Å²) in [5.41, 5.74) is 0. The fraction of sp³-hybridized carbons (Fsp3) is 0. The van der Waals surface area contributed by atoms with Crippen LogP contribution < -0.4 is 4.74 Å². The largest absolute Gasteiger partial charge is 0.436 e. The van der Waals surface area contributed by atoms with Crippen LogP contribution in [0.2, 0.25) is 0 Å². The van der Waals surface area contributed by atoms with Gasteiger partial charge in [0, 0.05) is 21.2 Å². The van der Waals surface area contributed by atoms with Gasteiger partial charge in [0.25, 0.3) is 9.05 Å². The fourth-order valence-electron chi connectivity index (χ4n) is 1.24. The lowest BCUT2D eigenvalue weighted by molar-refractivity contribution is 0.426. The van der Waals surface area contributed by atoms with Crippen LogP contribution in [0, 0.1) is 5.82 Å². The van der Waals surface area contributed by atoms with Gasteiger partial charge in [-0.15, -0.1) is 0 Å². The summed E-state index contributed by atoms with van der Waals surface area (Å²) in [4.78, 5) is 3.58. The van der Waals surface area contributed by atoms with Crippen molar-refractivity contribution in [2.24, 2.45) is 0 Å². The molecule has 0 saturated carbocycles. The average molecular weight is 367 g/mol. The van der Waals surface area contributed by atoms with E-state index in [1.54, 1.807) is 6.07 Å². The molecule has 0 bridgehead atoms.